The molecule has 0 aliphatic rings. The Morgan fingerprint density at radius 1 is 1.24 bits per heavy atom. The van der Waals surface area contributed by atoms with Gasteiger partial charge in [0.25, 0.3) is 11.8 Å². The van der Waals surface area contributed by atoms with Gasteiger partial charge in [0.1, 0.15) is 10.8 Å². The van der Waals surface area contributed by atoms with Crippen LogP contribution in [0.3, 0.4) is 0 Å². The van der Waals surface area contributed by atoms with Crippen LogP contribution >= 0.6 is 11.3 Å². The van der Waals surface area contributed by atoms with Gasteiger partial charge in [-0.2, -0.15) is 8.78 Å². The van der Waals surface area contributed by atoms with Gasteiger partial charge in [-0.05, 0) is 29.6 Å². The highest BCUT2D eigenvalue weighted by atomic mass is 32.1. The number of primary amides is 1. The molecule has 0 saturated heterocycles. The smallest absolute Gasteiger partial charge is 0.387 e. The maximum Gasteiger partial charge on any atom is 0.387 e. The summed E-state index contributed by atoms with van der Waals surface area (Å²) in [6.07, 6.45) is 0. The second kappa shape index (κ2) is 8.20. The summed E-state index contributed by atoms with van der Waals surface area (Å²) in [6.45, 7) is -3.66. The predicted molar refractivity (Wildman–Crippen MR) is 84.8 cm³/mol. The first-order valence-corrected chi connectivity index (χ1v) is 7.64. The first-order valence-electron chi connectivity index (χ1n) is 6.76. The quantitative estimate of drug-likeness (QED) is 0.727. The van der Waals surface area contributed by atoms with E-state index in [0.29, 0.717) is 0 Å². The Morgan fingerprint density at radius 2 is 2.00 bits per heavy atom. The van der Waals surface area contributed by atoms with Gasteiger partial charge in [0, 0.05) is 0 Å². The van der Waals surface area contributed by atoms with E-state index in [9.17, 15) is 23.2 Å². The predicted octanol–water partition coefficient (Wildman–Crippen LogP) is 2.24. The van der Waals surface area contributed by atoms with Crippen molar-refractivity contribution in [3.63, 3.8) is 0 Å². The van der Waals surface area contributed by atoms with Crippen molar-refractivity contribution < 1.29 is 32.6 Å². The van der Waals surface area contributed by atoms with Gasteiger partial charge in [0.15, 0.2) is 6.61 Å². The average Bonchev–Trinajstić information content (AvgIpc) is 3.00. The zero-order valence-corrected chi connectivity index (χ0v) is 13.3. The van der Waals surface area contributed by atoms with Gasteiger partial charge >= 0.3 is 12.6 Å². The van der Waals surface area contributed by atoms with Crippen LogP contribution in [-0.4, -0.2) is 31.0 Å². The van der Waals surface area contributed by atoms with E-state index in [-0.39, 0.29) is 21.9 Å². The van der Waals surface area contributed by atoms with E-state index in [2.05, 4.69) is 10.1 Å². The Hall–Kier alpha value is -3.01. The lowest BCUT2D eigenvalue weighted by Crippen LogP contribution is -2.22. The molecule has 1 aromatic heterocycles. The summed E-state index contributed by atoms with van der Waals surface area (Å²) in [5.74, 6) is -2.49. The number of ether oxygens (including phenoxy) is 2. The highest BCUT2D eigenvalue weighted by Gasteiger charge is 2.15. The molecule has 0 aliphatic heterocycles. The van der Waals surface area contributed by atoms with Crippen LogP contribution in [-0.2, 0) is 9.53 Å². The Bertz CT molecular complexity index is 794. The lowest BCUT2D eigenvalue weighted by atomic mass is 10.2. The van der Waals surface area contributed by atoms with Gasteiger partial charge in [0.2, 0.25) is 0 Å². The maximum absolute atomic E-state index is 12.2. The SMILES string of the molecule is NC(=O)c1ccsc1NC(=O)COC(=O)c1cccc(OC(F)F)c1. The number of hydrogen-bond donors (Lipinski definition) is 2. The number of halogens is 2. The summed E-state index contributed by atoms with van der Waals surface area (Å²) in [6, 6.07) is 6.42. The van der Waals surface area contributed by atoms with E-state index in [4.69, 9.17) is 10.5 Å². The van der Waals surface area contributed by atoms with Gasteiger partial charge in [-0.25, -0.2) is 4.79 Å². The first-order chi connectivity index (χ1) is 11.9. The van der Waals surface area contributed by atoms with Crippen molar-refractivity contribution in [2.45, 2.75) is 6.61 Å². The highest BCUT2D eigenvalue weighted by molar-refractivity contribution is 7.14. The third-order valence-corrected chi connectivity index (χ3v) is 3.64. The van der Waals surface area contributed by atoms with Crippen molar-refractivity contribution in [1.82, 2.24) is 0 Å². The molecular weight excluding hydrogens is 358 g/mol. The number of carbonyl (C=O) groups is 3. The molecule has 0 saturated carbocycles. The minimum Gasteiger partial charge on any atom is -0.452 e. The van der Waals surface area contributed by atoms with Gasteiger partial charge in [-0.15, -0.1) is 11.3 Å². The molecule has 3 N–H and O–H groups in total. The summed E-state index contributed by atoms with van der Waals surface area (Å²) in [7, 11) is 0. The van der Waals surface area contributed by atoms with Crippen LogP contribution in [0.1, 0.15) is 20.7 Å². The van der Waals surface area contributed by atoms with Crippen molar-refractivity contribution >= 4 is 34.1 Å². The fourth-order valence-electron chi connectivity index (χ4n) is 1.78. The van der Waals surface area contributed by atoms with Crippen LogP contribution in [0.5, 0.6) is 5.75 Å². The molecule has 1 heterocycles. The first kappa shape index (κ1) is 18.3. The zero-order valence-electron chi connectivity index (χ0n) is 12.5. The minimum absolute atomic E-state index is 0.0556. The molecule has 0 unspecified atom stereocenters. The molecule has 0 radical (unpaired) electrons. The maximum atomic E-state index is 12.2. The van der Waals surface area contributed by atoms with Gasteiger partial charge in [-0.3, -0.25) is 9.59 Å². The van der Waals surface area contributed by atoms with Crippen LogP contribution in [0.2, 0.25) is 0 Å². The summed E-state index contributed by atoms with van der Waals surface area (Å²) in [5.41, 5.74) is 5.23. The Labute approximate surface area is 144 Å². The van der Waals surface area contributed by atoms with Crippen molar-refractivity contribution in [3.05, 3.63) is 46.8 Å². The molecule has 10 heteroatoms. The molecular formula is C15H12F2N2O5S. The van der Waals surface area contributed by atoms with Gasteiger partial charge in [0.05, 0.1) is 11.1 Å². The minimum atomic E-state index is -3.03. The number of rotatable bonds is 7. The topological polar surface area (TPSA) is 108 Å². The van der Waals surface area contributed by atoms with E-state index in [1.165, 1.54) is 24.3 Å². The number of amides is 2. The Morgan fingerprint density at radius 3 is 2.68 bits per heavy atom. The summed E-state index contributed by atoms with van der Waals surface area (Å²) in [4.78, 5) is 34.8. The highest BCUT2D eigenvalue weighted by Crippen LogP contribution is 2.22. The number of hydrogen-bond acceptors (Lipinski definition) is 6. The standard InChI is InChI=1S/C15H12F2N2O5S/c16-15(17)24-9-3-1-2-8(6-9)14(22)23-7-11(20)19-13-10(12(18)21)4-5-25-13/h1-6,15H,7H2,(H2,18,21)(H,19,20). The molecule has 0 bridgehead atoms. The average molecular weight is 370 g/mol. The molecule has 2 amide bonds. The Balaban J connectivity index is 1.92. The van der Waals surface area contributed by atoms with E-state index in [1.54, 1.807) is 5.38 Å². The van der Waals surface area contributed by atoms with Crippen LogP contribution < -0.4 is 15.8 Å². The normalized spacial score (nSPS) is 10.4. The third kappa shape index (κ3) is 5.24. The summed E-state index contributed by atoms with van der Waals surface area (Å²) < 4.78 is 33.3. The number of thiophene rings is 1. The zero-order chi connectivity index (χ0) is 18.4. The molecule has 7 nitrogen and oxygen atoms in total. The fraction of sp³-hybridized carbons (Fsp3) is 0.133. The molecule has 2 rings (SSSR count). The molecule has 0 spiro atoms. The number of carbonyl (C=O) groups excluding carboxylic acids is 3. The van der Waals surface area contributed by atoms with Crippen LogP contribution in [0, 0.1) is 0 Å². The van der Waals surface area contributed by atoms with Crippen LogP contribution in [0.15, 0.2) is 35.7 Å². The molecule has 2 aromatic rings. The molecule has 0 fully saturated rings. The number of anilines is 1. The van der Waals surface area contributed by atoms with Crippen LogP contribution in [0.4, 0.5) is 13.8 Å². The largest absolute Gasteiger partial charge is 0.452 e. The number of nitrogens with two attached hydrogens (primary N) is 1. The lowest BCUT2D eigenvalue weighted by molar-refractivity contribution is -0.119. The molecule has 0 aliphatic carbocycles. The fourth-order valence-corrected chi connectivity index (χ4v) is 2.59. The number of esters is 1. The second-order valence-corrected chi connectivity index (χ2v) is 5.47. The third-order valence-electron chi connectivity index (χ3n) is 2.81. The molecule has 25 heavy (non-hydrogen) atoms. The van der Waals surface area contributed by atoms with Gasteiger partial charge < -0.3 is 20.5 Å². The number of nitrogens with one attached hydrogen (secondary N) is 1. The Kier molecular flexibility index (Phi) is 6.01. The summed E-state index contributed by atoms with van der Waals surface area (Å²) >= 11 is 1.08. The number of benzene rings is 1. The van der Waals surface area contributed by atoms with E-state index in [1.807, 2.05) is 0 Å². The molecule has 1 aromatic carbocycles. The number of alkyl halides is 2. The molecule has 0 atom stereocenters. The van der Waals surface area contributed by atoms with Gasteiger partial charge in [-0.1, -0.05) is 6.07 Å². The molecule has 132 valence electrons. The van der Waals surface area contributed by atoms with E-state index >= 15 is 0 Å². The lowest BCUT2D eigenvalue weighted by Gasteiger charge is -2.08. The monoisotopic (exact) mass is 370 g/mol. The van der Waals surface area contributed by atoms with E-state index in [0.717, 1.165) is 17.4 Å². The van der Waals surface area contributed by atoms with Crippen molar-refractivity contribution in [1.29, 1.82) is 0 Å². The van der Waals surface area contributed by atoms with Crippen molar-refractivity contribution in [3.8, 4) is 5.75 Å². The van der Waals surface area contributed by atoms with Crippen molar-refractivity contribution in [2.75, 3.05) is 11.9 Å². The van der Waals surface area contributed by atoms with Crippen LogP contribution in [0.25, 0.3) is 0 Å². The van der Waals surface area contributed by atoms with Crippen molar-refractivity contribution in [2.24, 2.45) is 5.73 Å². The second-order valence-electron chi connectivity index (χ2n) is 4.56. The van der Waals surface area contributed by atoms with E-state index < -0.39 is 31.0 Å². The summed E-state index contributed by atoms with van der Waals surface area (Å²) in [5, 5.41) is 4.20.